The Morgan fingerprint density at radius 2 is 2.12 bits per heavy atom. The molecule has 140 valence electrons. The summed E-state index contributed by atoms with van der Waals surface area (Å²) in [4.78, 5) is 12.2. The number of piperidine rings is 1. The van der Waals surface area contributed by atoms with Crippen LogP contribution in [0.25, 0.3) is 0 Å². The zero-order valence-electron chi connectivity index (χ0n) is 14.9. The molecular weight excluding hydrogens is 343 g/mol. The van der Waals surface area contributed by atoms with E-state index in [1.807, 2.05) is 6.92 Å². The van der Waals surface area contributed by atoms with Crippen molar-refractivity contribution in [2.75, 3.05) is 19.6 Å². The van der Waals surface area contributed by atoms with E-state index in [9.17, 15) is 17.6 Å². The maximum absolute atomic E-state index is 14.0. The zero-order chi connectivity index (χ0) is 18.4. The minimum absolute atomic E-state index is 0.0262. The van der Waals surface area contributed by atoms with Crippen LogP contribution >= 0.6 is 0 Å². The Morgan fingerprint density at radius 1 is 1.36 bits per heavy atom. The van der Waals surface area contributed by atoms with Gasteiger partial charge in [0.05, 0.1) is 10.5 Å². The highest BCUT2D eigenvalue weighted by molar-refractivity contribution is 7.89. The SMILES string of the molecule is CCCCCNC(=O)c1cc(S(=O)(=O)N2CCC[C@H](C)C2)ccc1F. The van der Waals surface area contributed by atoms with Gasteiger partial charge in [-0.05, 0) is 43.4 Å². The molecule has 0 aromatic heterocycles. The smallest absolute Gasteiger partial charge is 0.254 e. The highest BCUT2D eigenvalue weighted by Gasteiger charge is 2.29. The number of rotatable bonds is 7. The van der Waals surface area contributed by atoms with Crippen molar-refractivity contribution in [2.45, 2.75) is 50.8 Å². The third-order valence-corrected chi connectivity index (χ3v) is 6.37. The quantitative estimate of drug-likeness (QED) is 0.750. The molecule has 1 atom stereocenters. The Hall–Kier alpha value is -1.47. The lowest BCUT2D eigenvalue weighted by molar-refractivity contribution is 0.0948. The van der Waals surface area contributed by atoms with Gasteiger partial charge in [0, 0.05) is 19.6 Å². The number of carbonyl (C=O) groups is 1. The molecule has 1 aromatic carbocycles. The van der Waals surface area contributed by atoms with Crippen LogP contribution in [0, 0.1) is 11.7 Å². The Balaban J connectivity index is 2.18. The largest absolute Gasteiger partial charge is 0.352 e. The first-order chi connectivity index (χ1) is 11.9. The molecule has 0 unspecified atom stereocenters. The number of carbonyl (C=O) groups excluding carboxylic acids is 1. The number of hydrogen-bond acceptors (Lipinski definition) is 3. The van der Waals surface area contributed by atoms with Gasteiger partial charge in [0.25, 0.3) is 5.91 Å². The predicted octanol–water partition coefficient (Wildman–Crippen LogP) is 3.17. The van der Waals surface area contributed by atoms with E-state index < -0.39 is 21.7 Å². The Morgan fingerprint density at radius 3 is 2.80 bits per heavy atom. The van der Waals surface area contributed by atoms with Gasteiger partial charge in [-0.15, -0.1) is 0 Å². The highest BCUT2D eigenvalue weighted by Crippen LogP contribution is 2.24. The van der Waals surface area contributed by atoms with Crippen molar-refractivity contribution in [2.24, 2.45) is 5.92 Å². The first kappa shape index (κ1) is 19.8. The van der Waals surface area contributed by atoms with E-state index in [-0.39, 0.29) is 10.5 Å². The molecule has 1 amide bonds. The van der Waals surface area contributed by atoms with Crippen molar-refractivity contribution in [1.29, 1.82) is 0 Å². The minimum Gasteiger partial charge on any atom is -0.352 e. The third kappa shape index (κ3) is 5.01. The molecule has 1 fully saturated rings. The number of hydrogen-bond donors (Lipinski definition) is 1. The van der Waals surface area contributed by atoms with Crippen LogP contribution in [0.1, 0.15) is 56.3 Å². The van der Waals surface area contributed by atoms with E-state index in [2.05, 4.69) is 12.2 Å². The van der Waals surface area contributed by atoms with E-state index in [4.69, 9.17) is 0 Å². The molecule has 0 aliphatic carbocycles. The Kier molecular flexibility index (Phi) is 6.95. The van der Waals surface area contributed by atoms with Crippen molar-refractivity contribution in [3.8, 4) is 0 Å². The summed E-state index contributed by atoms with van der Waals surface area (Å²) in [6, 6.07) is 3.44. The number of halogens is 1. The maximum Gasteiger partial charge on any atom is 0.254 e. The van der Waals surface area contributed by atoms with Crippen molar-refractivity contribution in [1.82, 2.24) is 9.62 Å². The molecule has 25 heavy (non-hydrogen) atoms. The molecule has 2 rings (SSSR count). The molecule has 0 bridgehead atoms. The van der Waals surface area contributed by atoms with Crippen molar-refractivity contribution < 1.29 is 17.6 Å². The lowest BCUT2D eigenvalue weighted by atomic mass is 10.0. The Labute approximate surface area is 149 Å². The van der Waals surface area contributed by atoms with Gasteiger partial charge in [0.1, 0.15) is 5.82 Å². The minimum atomic E-state index is -3.71. The summed E-state index contributed by atoms with van der Waals surface area (Å²) in [5, 5.41) is 2.65. The number of nitrogens with zero attached hydrogens (tertiary/aromatic N) is 1. The van der Waals surface area contributed by atoms with E-state index in [0.29, 0.717) is 25.6 Å². The summed E-state index contributed by atoms with van der Waals surface area (Å²) in [6.07, 6.45) is 4.62. The lowest BCUT2D eigenvalue weighted by Gasteiger charge is -2.30. The van der Waals surface area contributed by atoms with Gasteiger partial charge >= 0.3 is 0 Å². The molecule has 1 N–H and O–H groups in total. The standard InChI is InChI=1S/C18H27FN2O3S/c1-3-4-5-10-20-18(22)16-12-15(8-9-17(16)19)25(23,24)21-11-6-7-14(2)13-21/h8-9,12,14H,3-7,10-11,13H2,1-2H3,(H,20,22)/t14-/m0/s1. The van der Waals surface area contributed by atoms with E-state index in [1.54, 1.807) is 0 Å². The molecular formula is C18H27FN2O3S. The fraction of sp³-hybridized carbons (Fsp3) is 0.611. The molecule has 1 heterocycles. The Bertz CT molecular complexity index is 706. The molecule has 0 radical (unpaired) electrons. The van der Waals surface area contributed by atoms with Crippen LogP contribution in [0.5, 0.6) is 0 Å². The third-order valence-electron chi connectivity index (χ3n) is 4.51. The van der Waals surface area contributed by atoms with Crippen molar-refractivity contribution >= 4 is 15.9 Å². The molecule has 0 saturated carbocycles. The molecule has 1 aromatic rings. The van der Waals surface area contributed by atoms with Crippen LogP contribution in [-0.2, 0) is 10.0 Å². The summed E-state index contributed by atoms with van der Waals surface area (Å²) >= 11 is 0. The van der Waals surface area contributed by atoms with Crippen LogP contribution in [0.4, 0.5) is 4.39 Å². The molecule has 1 aliphatic heterocycles. The van der Waals surface area contributed by atoms with Crippen molar-refractivity contribution in [3.05, 3.63) is 29.6 Å². The van der Waals surface area contributed by atoms with Gasteiger partial charge in [-0.2, -0.15) is 4.31 Å². The van der Waals surface area contributed by atoms with Gasteiger partial charge in [0.2, 0.25) is 10.0 Å². The summed E-state index contributed by atoms with van der Waals surface area (Å²) in [5.41, 5.74) is -0.220. The summed E-state index contributed by atoms with van der Waals surface area (Å²) in [7, 11) is -3.71. The van der Waals surface area contributed by atoms with E-state index in [1.165, 1.54) is 10.4 Å². The number of benzene rings is 1. The van der Waals surface area contributed by atoms with Gasteiger partial charge in [-0.3, -0.25) is 4.79 Å². The van der Waals surface area contributed by atoms with Crippen LogP contribution < -0.4 is 5.32 Å². The first-order valence-corrected chi connectivity index (χ1v) is 10.4. The number of unbranched alkanes of at least 4 members (excludes halogenated alkanes) is 2. The monoisotopic (exact) mass is 370 g/mol. The van der Waals surface area contributed by atoms with E-state index in [0.717, 1.165) is 44.2 Å². The zero-order valence-corrected chi connectivity index (χ0v) is 15.7. The summed E-state index contributed by atoms with van der Waals surface area (Å²) in [5.74, 6) is -0.984. The normalized spacial score (nSPS) is 18.9. The second-order valence-corrected chi connectivity index (χ2v) is 8.65. The lowest BCUT2D eigenvalue weighted by Crippen LogP contribution is -2.39. The molecule has 1 saturated heterocycles. The average molecular weight is 370 g/mol. The van der Waals surface area contributed by atoms with Crippen LogP contribution in [0.3, 0.4) is 0 Å². The van der Waals surface area contributed by atoms with Crippen molar-refractivity contribution in [3.63, 3.8) is 0 Å². The number of nitrogens with one attached hydrogen (secondary N) is 1. The van der Waals surface area contributed by atoms with E-state index >= 15 is 0 Å². The second kappa shape index (κ2) is 8.76. The maximum atomic E-state index is 14.0. The molecule has 0 spiro atoms. The highest BCUT2D eigenvalue weighted by atomic mass is 32.2. The number of amides is 1. The van der Waals surface area contributed by atoms with Crippen LogP contribution in [0.15, 0.2) is 23.1 Å². The summed E-state index contributed by atoms with van der Waals surface area (Å²) in [6.45, 7) is 5.44. The number of sulfonamides is 1. The second-order valence-electron chi connectivity index (χ2n) is 6.72. The molecule has 5 nitrogen and oxygen atoms in total. The van der Waals surface area contributed by atoms with Gasteiger partial charge in [-0.1, -0.05) is 26.7 Å². The fourth-order valence-corrected chi connectivity index (χ4v) is 4.65. The fourth-order valence-electron chi connectivity index (χ4n) is 3.02. The first-order valence-electron chi connectivity index (χ1n) is 8.94. The summed E-state index contributed by atoms with van der Waals surface area (Å²) < 4.78 is 41.0. The average Bonchev–Trinajstić information content (AvgIpc) is 2.58. The topological polar surface area (TPSA) is 66.5 Å². The van der Waals surface area contributed by atoms with Gasteiger partial charge < -0.3 is 5.32 Å². The van der Waals surface area contributed by atoms with Crippen LogP contribution in [-0.4, -0.2) is 38.3 Å². The predicted molar refractivity (Wildman–Crippen MR) is 95.4 cm³/mol. The van der Waals surface area contributed by atoms with Crippen LogP contribution in [0.2, 0.25) is 0 Å². The molecule has 1 aliphatic rings. The molecule has 7 heteroatoms. The van der Waals surface area contributed by atoms with Gasteiger partial charge in [0.15, 0.2) is 0 Å². The van der Waals surface area contributed by atoms with Gasteiger partial charge in [-0.25, -0.2) is 12.8 Å².